The molecule has 0 saturated heterocycles. The molecule has 1 heterocycles. The molecule has 0 aliphatic rings. The second-order valence-electron chi connectivity index (χ2n) is 2.76. The fraction of sp³-hybridized carbons (Fsp3) is 0.625. The van der Waals surface area contributed by atoms with Gasteiger partial charge in [0.15, 0.2) is 5.16 Å². The van der Waals surface area contributed by atoms with Gasteiger partial charge in [0.1, 0.15) is 5.82 Å². The highest BCUT2D eigenvalue weighted by molar-refractivity contribution is 7.99. The summed E-state index contributed by atoms with van der Waals surface area (Å²) in [7, 11) is 0. The standard InChI is InChI=1S/C8H13N3O2S2/c1-3-11-6(4-14-2)9-10-8(11)15-5-7(12)13/h3-5H2,1-2H3,(H,12,13). The van der Waals surface area contributed by atoms with Crippen LogP contribution >= 0.6 is 23.5 Å². The molecule has 0 spiro atoms. The van der Waals surface area contributed by atoms with Crippen LogP contribution in [-0.4, -0.2) is 37.8 Å². The van der Waals surface area contributed by atoms with Crippen LogP contribution in [0.2, 0.25) is 0 Å². The summed E-state index contributed by atoms with van der Waals surface area (Å²) in [6.45, 7) is 2.77. The molecule has 0 radical (unpaired) electrons. The van der Waals surface area contributed by atoms with E-state index < -0.39 is 5.97 Å². The van der Waals surface area contributed by atoms with Gasteiger partial charge in [-0.1, -0.05) is 11.8 Å². The molecule has 0 bridgehead atoms. The normalized spacial score (nSPS) is 10.5. The summed E-state index contributed by atoms with van der Waals surface area (Å²) in [6.07, 6.45) is 2.00. The molecule has 1 aromatic heterocycles. The molecule has 0 saturated carbocycles. The van der Waals surface area contributed by atoms with Crippen molar-refractivity contribution in [1.29, 1.82) is 0 Å². The van der Waals surface area contributed by atoms with Crippen LogP contribution in [0, 0.1) is 0 Å². The number of thioether (sulfide) groups is 2. The van der Waals surface area contributed by atoms with E-state index in [1.54, 1.807) is 11.8 Å². The van der Waals surface area contributed by atoms with Gasteiger partial charge in [-0.15, -0.1) is 10.2 Å². The number of aliphatic carboxylic acids is 1. The first-order valence-electron chi connectivity index (χ1n) is 4.44. The number of rotatable bonds is 6. The Morgan fingerprint density at radius 1 is 1.53 bits per heavy atom. The minimum atomic E-state index is -0.836. The van der Waals surface area contributed by atoms with E-state index in [0.29, 0.717) is 5.16 Å². The van der Waals surface area contributed by atoms with E-state index in [9.17, 15) is 4.79 Å². The zero-order valence-electron chi connectivity index (χ0n) is 8.63. The van der Waals surface area contributed by atoms with Crippen molar-refractivity contribution in [3.8, 4) is 0 Å². The zero-order valence-corrected chi connectivity index (χ0v) is 10.3. The molecule has 0 fully saturated rings. The van der Waals surface area contributed by atoms with E-state index in [1.807, 2.05) is 17.7 Å². The van der Waals surface area contributed by atoms with E-state index in [4.69, 9.17) is 5.11 Å². The van der Waals surface area contributed by atoms with Crippen LogP contribution in [0.1, 0.15) is 12.7 Å². The maximum Gasteiger partial charge on any atom is 0.313 e. The quantitative estimate of drug-likeness (QED) is 0.765. The summed E-state index contributed by atoms with van der Waals surface area (Å²) < 4.78 is 1.95. The third kappa shape index (κ3) is 3.42. The van der Waals surface area contributed by atoms with E-state index in [-0.39, 0.29) is 5.75 Å². The number of hydrogen-bond donors (Lipinski definition) is 1. The number of carboxylic acids is 1. The number of carboxylic acid groups (broad SMARTS) is 1. The molecule has 1 rings (SSSR count). The van der Waals surface area contributed by atoms with Crippen LogP contribution in [0.5, 0.6) is 0 Å². The third-order valence-electron chi connectivity index (χ3n) is 1.71. The van der Waals surface area contributed by atoms with Crippen molar-refractivity contribution in [2.24, 2.45) is 0 Å². The zero-order chi connectivity index (χ0) is 11.3. The summed E-state index contributed by atoms with van der Waals surface area (Å²) >= 11 is 2.88. The van der Waals surface area contributed by atoms with Gasteiger partial charge in [-0.05, 0) is 13.2 Å². The molecule has 0 aromatic carbocycles. The lowest BCUT2D eigenvalue weighted by molar-refractivity contribution is -0.133. The Bertz CT molecular complexity index is 341. The maximum absolute atomic E-state index is 10.4. The monoisotopic (exact) mass is 247 g/mol. The molecular formula is C8H13N3O2S2. The Balaban J connectivity index is 2.74. The van der Waals surface area contributed by atoms with E-state index >= 15 is 0 Å². The molecule has 1 aromatic rings. The maximum atomic E-state index is 10.4. The minimum absolute atomic E-state index is 0.0252. The third-order valence-corrected chi connectivity index (χ3v) is 3.21. The Morgan fingerprint density at radius 3 is 2.80 bits per heavy atom. The highest BCUT2D eigenvalue weighted by Crippen LogP contribution is 2.18. The highest BCUT2D eigenvalue weighted by Gasteiger charge is 2.11. The van der Waals surface area contributed by atoms with Gasteiger partial charge in [-0.3, -0.25) is 4.79 Å². The second kappa shape index (κ2) is 6.02. The fourth-order valence-electron chi connectivity index (χ4n) is 1.11. The predicted octanol–water partition coefficient (Wildman–Crippen LogP) is 1.34. The number of carbonyl (C=O) groups is 1. The molecule has 1 N–H and O–H groups in total. The van der Waals surface area contributed by atoms with Crippen LogP contribution in [0.4, 0.5) is 0 Å². The van der Waals surface area contributed by atoms with Crippen molar-refractivity contribution in [3.63, 3.8) is 0 Å². The predicted molar refractivity (Wildman–Crippen MR) is 61.3 cm³/mol. The van der Waals surface area contributed by atoms with Crippen LogP contribution in [0.15, 0.2) is 5.16 Å². The molecule has 5 nitrogen and oxygen atoms in total. The Kier molecular flexibility index (Phi) is 4.97. The Hall–Kier alpha value is -0.690. The molecule has 0 aliphatic heterocycles. The largest absolute Gasteiger partial charge is 0.481 e. The van der Waals surface area contributed by atoms with E-state index in [1.165, 1.54) is 11.8 Å². The van der Waals surface area contributed by atoms with Crippen LogP contribution < -0.4 is 0 Å². The SMILES string of the molecule is CCn1c(CSC)nnc1SCC(=O)O. The lowest BCUT2D eigenvalue weighted by atomic mass is 10.6. The summed E-state index contributed by atoms with van der Waals surface area (Å²) in [6, 6.07) is 0. The van der Waals surface area contributed by atoms with Crippen molar-refractivity contribution >= 4 is 29.5 Å². The van der Waals surface area contributed by atoms with Crippen molar-refractivity contribution in [3.05, 3.63) is 5.82 Å². The first kappa shape index (κ1) is 12.4. The lowest BCUT2D eigenvalue weighted by Gasteiger charge is -2.04. The second-order valence-corrected chi connectivity index (χ2v) is 4.57. The van der Waals surface area contributed by atoms with Gasteiger partial charge in [0, 0.05) is 6.54 Å². The molecule has 15 heavy (non-hydrogen) atoms. The molecule has 0 atom stereocenters. The van der Waals surface area contributed by atoms with Crippen molar-refractivity contribution in [2.45, 2.75) is 24.4 Å². The van der Waals surface area contributed by atoms with Crippen LogP contribution in [0.25, 0.3) is 0 Å². The summed E-state index contributed by atoms with van der Waals surface area (Å²) in [4.78, 5) is 10.4. The van der Waals surface area contributed by atoms with Gasteiger partial charge in [-0.2, -0.15) is 11.8 Å². The van der Waals surface area contributed by atoms with Gasteiger partial charge in [0.25, 0.3) is 0 Å². The molecule has 7 heteroatoms. The van der Waals surface area contributed by atoms with E-state index in [2.05, 4.69) is 10.2 Å². The van der Waals surface area contributed by atoms with Gasteiger partial charge in [-0.25, -0.2) is 0 Å². The van der Waals surface area contributed by atoms with Crippen molar-refractivity contribution in [1.82, 2.24) is 14.8 Å². The van der Waals surface area contributed by atoms with Gasteiger partial charge in [0.05, 0.1) is 11.5 Å². The van der Waals surface area contributed by atoms with Gasteiger partial charge in [0.2, 0.25) is 0 Å². The fourth-order valence-corrected chi connectivity index (χ4v) is 2.32. The van der Waals surface area contributed by atoms with Crippen LogP contribution in [0.3, 0.4) is 0 Å². The summed E-state index contributed by atoms with van der Waals surface area (Å²) in [5.74, 6) is 0.890. The summed E-state index contributed by atoms with van der Waals surface area (Å²) in [5.41, 5.74) is 0. The molecule has 0 amide bonds. The van der Waals surface area contributed by atoms with E-state index in [0.717, 1.165) is 18.1 Å². The Morgan fingerprint density at radius 2 is 2.27 bits per heavy atom. The van der Waals surface area contributed by atoms with Crippen LogP contribution in [-0.2, 0) is 17.1 Å². The average molecular weight is 247 g/mol. The number of aromatic nitrogens is 3. The summed E-state index contributed by atoms with van der Waals surface area (Å²) in [5, 5.41) is 17.3. The number of nitrogens with zero attached hydrogens (tertiary/aromatic N) is 3. The smallest absolute Gasteiger partial charge is 0.313 e. The topological polar surface area (TPSA) is 68.0 Å². The molecule has 84 valence electrons. The molecule has 0 aliphatic carbocycles. The highest BCUT2D eigenvalue weighted by atomic mass is 32.2. The first-order valence-corrected chi connectivity index (χ1v) is 6.82. The Labute approximate surface area is 96.6 Å². The minimum Gasteiger partial charge on any atom is -0.481 e. The van der Waals surface area contributed by atoms with Crippen molar-refractivity contribution in [2.75, 3.05) is 12.0 Å². The van der Waals surface area contributed by atoms with Gasteiger partial charge < -0.3 is 9.67 Å². The average Bonchev–Trinajstić information content (AvgIpc) is 2.58. The lowest BCUT2D eigenvalue weighted by Crippen LogP contribution is -2.04. The first-order chi connectivity index (χ1) is 7.19. The number of hydrogen-bond acceptors (Lipinski definition) is 5. The molecular weight excluding hydrogens is 234 g/mol. The van der Waals surface area contributed by atoms with Crippen molar-refractivity contribution < 1.29 is 9.90 Å². The van der Waals surface area contributed by atoms with Gasteiger partial charge >= 0.3 is 5.97 Å². The molecule has 0 unspecified atom stereocenters.